The van der Waals surface area contributed by atoms with E-state index in [1.165, 1.54) is 0 Å². The van der Waals surface area contributed by atoms with Crippen LogP contribution in [0.5, 0.6) is 0 Å². The first kappa shape index (κ1) is 15.5. The fourth-order valence-corrected chi connectivity index (χ4v) is 2.56. The van der Waals surface area contributed by atoms with Crippen molar-refractivity contribution in [3.8, 4) is 0 Å². The molecule has 0 radical (unpaired) electrons. The smallest absolute Gasteiger partial charge is 0.239 e. The molecule has 1 aromatic rings. The number of rotatable bonds is 6. The summed E-state index contributed by atoms with van der Waals surface area (Å²) in [4.78, 5) is 11.6. The molecule has 18 heavy (non-hydrogen) atoms. The van der Waals surface area contributed by atoms with Crippen LogP contribution in [0.4, 0.5) is 5.69 Å². The van der Waals surface area contributed by atoms with Gasteiger partial charge in [0.1, 0.15) is 0 Å². The maximum Gasteiger partial charge on any atom is 0.239 e. The Balaban J connectivity index is 2.33. The third-order valence-electron chi connectivity index (χ3n) is 2.41. The van der Waals surface area contributed by atoms with Crippen LogP contribution in [-0.4, -0.2) is 19.0 Å². The van der Waals surface area contributed by atoms with Crippen LogP contribution in [0.1, 0.15) is 20.3 Å². The number of benzene rings is 1. The molecule has 0 bridgehead atoms. The van der Waals surface area contributed by atoms with Crippen LogP contribution in [0.3, 0.4) is 0 Å². The number of anilines is 1. The minimum absolute atomic E-state index is 0.0190. The zero-order valence-electron chi connectivity index (χ0n) is 10.6. The Labute approximate surface area is 125 Å². The molecule has 0 aliphatic heterocycles. The van der Waals surface area contributed by atoms with E-state index in [0.29, 0.717) is 12.5 Å². The summed E-state index contributed by atoms with van der Waals surface area (Å²) < 4.78 is 1.94. The summed E-state index contributed by atoms with van der Waals surface area (Å²) in [7, 11) is 0. The standard InChI is InChI=1S/C13H18Br2N2O/c1-9(2)5-6-16-13(18)8-17-12-4-3-10(14)7-11(12)15/h3-4,7,9,17H,5-6,8H2,1-2H3,(H,16,18). The van der Waals surface area contributed by atoms with E-state index in [-0.39, 0.29) is 5.91 Å². The number of carbonyl (C=O) groups excluding carboxylic acids is 1. The molecule has 0 saturated heterocycles. The summed E-state index contributed by atoms with van der Waals surface area (Å²) in [5.74, 6) is 0.629. The molecule has 0 unspecified atom stereocenters. The lowest BCUT2D eigenvalue weighted by atomic mass is 10.1. The van der Waals surface area contributed by atoms with Gasteiger partial charge in [-0.1, -0.05) is 29.8 Å². The van der Waals surface area contributed by atoms with Crippen molar-refractivity contribution in [2.75, 3.05) is 18.4 Å². The van der Waals surface area contributed by atoms with Crippen LogP contribution in [0.2, 0.25) is 0 Å². The monoisotopic (exact) mass is 376 g/mol. The van der Waals surface area contributed by atoms with Crippen molar-refractivity contribution in [3.63, 3.8) is 0 Å². The molecule has 1 rings (SSSR count). The molecule has 1 amide bonds. The highest BCUT2D eigenvalue weighted by Gasteiger charge is 2.04. The Morgan fingerprint density at radius 2 is 2.06 bits per heavy atom. The van der Waals surface area contributed by atoms with Gasteiger partial charge in [0, 0.05) is 21.2 Å². The Hall–Kier alpha value is -0.550. The van der Waals surface area contributed by atoms with Crippen LogP contribution in [0.15, 0.2) is 27.1 Å². The van der Waals surface area contributed by atoms with Crippen molar-refractivity contribution < 1.29 is 4.79 Å². The highest BCUT2D eigenvalue weighted by Crippen LogP contribution is 2.25. The van der Waals surface area contributed by atoms with E-state index in [1.54, 1.807) is 0 Å². The van der Waals surface area contributed by atoms with Crippen molar-refractivity contribution in [2.24, 2.45) is 5.92 Å². The molecular formula is C13H18Br2N2O. The molecule has 2 N–H and O–H groups in total. The van der Waals surface area contributed by atoms with Gasteiger partial charge in [-0.3, -0.25) is 4.79 Å². The SMILES string of the molecule is CC(C)CCNC(=O)CNc1ccc(Br)cc1Br. The molecule has 0 atom stereocenters. The van der Waals surface area contributed by atoms with Crippen molar-refractivity contribution >= 4 is 43.5 Å². The van der Waals surface area contributed by atoms with Crippen molar-refractivity contribution in [1.82, 2.24) is 5.32 Å². The lowest BCUT2D eigenvalue weighted by Gasteiger charge is -2.10. The van der Waals surface area contributed by atoms with Gasteiger partial charge in [-0.2, -0.15) is 0 Å². The first-order valence-electron chi connectivity index (χ1n) is 5.94. The minimum atomic E-state index is 0.0190. The topological polar surface area (TPSA) is 41.1 Å². The molecule has 0 aromatic heterocycles. The lowest BCUT2D eigenvalue weighted by molar-refractivity contribution is -0.119. The predicted octanol–water partition coefficient (Wildman–Crippen LogP) is 3.79. The number of carbonyl (C=O) groups is 1. The number of hydrogen-bond acceptors (Lipinski definition) is 2. The van der Waals surface area contributed by atoms with Gasteiger partial charge >= 0.3 is 0 Å². The summed E-state index contributed by atoms with van der Waals surface area (Å²) in [5.41, 5.74) is 0.914. The van der Waals surface area contributed by atoms with Gasteiger partial charge in [-0.25, -0.2) is 0 Å². The Morgan fingerprint density at radius 3 is 2.67 bits per heavy atom. The average Bonchev–Trinajstić information content (AvgIpc) is 2.27. The normalized spacial score (nSPS) is 10.5. The molecule has 0 aliphatic rings. The van der Waals surface area contributed by atoms with Crippen LogP contribution >= 0.6 is 31.9 Å². The van der Waals surface area contributed by atoms with E-state index in [9.17, 15) is 4.79 Å². The number of hydrogen-bond donors (Lipinski definition) is 2. The molecular weight excluding hydrogens is 360 g/mol. The first-order valence-corrected chi connectivity index (χ1v) is 7.53. The quantitative estimate of drug-likeness (QED) is 0.791. The third kappa shape index (κ3) is 5.87. The van der Waals surface area contributed by atoms with Gasteiger partial charge in [0.05, 0.1) is 6.54 Å². The summed E-state index contributed by atoms with van der Waals surface area (Å²) >= 11 is 6.83. The van der Waals surface area contributed by atoms with E-state index in [4.69, 9.17) is 0 Å². The second-order valence-electron chi connectivity index (χ2n) is 4.51. The minimum Gasteiger partial charge on any atom is -0.375 e. The van der Waals surface area contributed by atoms with Crippen LogP contribution in [0.25, 0.3) is 0 Å². The molecule has 5 heteroatoms. The highest BCUT2D eigenvalue weighted by atomic mass is 79.9. The fourth-order valence-electron chi connectivity index (χ4n) is 1.37. The molecule has 100 valence electrons. The average molecular weight is 378 g/mol. The molecule has 3 nitrogen and oxygen atoms in total. The van der Waals surface area contributed by atoms with E-state index < -0.39 is 0 Å². The molecule has 1 aromatic carbocycles. The van der Waals surface area contributed by atoms with Crippen molar-refractivity contribution in [1.29, 1.82) is 0 Å². The van der Waals surface area contributed by atoms with Gasteiger partial charge in [0.2, 0.25) is 5.91 Å². The largest absolute Gasteiger partial charge is 0.375 e. The summed E-state index contributed by atoms with van der Waals surface area (Å²) in [6.07, 6.45) is 1.01. The van der Waals surface area contributed by atoms with Crippen molar-refractivity contribution in [2.45, 2.75) is 20.3 Å². The van der Waals surface area contributed by atoms with E-state index in [2.05, 4.69) is 56.3 Å². The van der Waals surface area contributed by atoms with Crippen LogP contribution in [0, 0.1) is 5.92 Å². The second kappa shape index (κ2) is 7.79. The first-order chi connectivity index (χ1) is 8.49. The zero-order valence-corrected chi connectivity index (χ0v) is 13.8. The number of nitrogens with one attached hydrogen (secondary N) is 2. The zero-order chi connectivity index (χ0) is 13.5. The number of amides is 1. The van der Waals surface area contributed by atoms with Gasteiger partial charge in [-0.05, 0) is 46.5 Å². The fraction of sp³-hybridized carbons (Fsp3) is 0.462. The van der Waals surface area contributed by atoms with E-state index in [0.717, 1.165) is 27.6 Å². The van der Waals surface area contributed by atoms with Crippen molar-refractivity contribution in [3.05, 3.63) is 27.1 Å². The second-order valence-corrected chi connectivity index (χ2v) is 6.28. The Bertz CT molecular complexity index is 408. The van der Waals surface area contributed by atoms with Gasteiger partial charge in [0.25, 0.3) is 0 Å². The maximum absolute atomic E-state index is 11.6. The van der Waals surface area contributed by atoms with Gasteiger partial charge in [0.15, 0.2) is 0 Å². The third-order valence-corrected chi connectivity index (χ3v) is 3.56. The van der Waals surface area contributed by atoms with Crippen LogP contribution < -0.4 is 10.6 Å². The molecule has 0 fully saturated rings. The maximum atomic E-state index is 11.6. The molecule has 0 aliphatic carbocycles. The molecule has 0 heterocycles. The molecule has 0 saturated carbocycles. The van der Waals surface area contributed by atoms with Gasteiger partial charge < -0.3 is 10.6 Å². The van der Waals surface area contributed by atoms with Gasteiger partial charge in [-0.15, -0.1) is 0 Å². The molecule has 0 spiro atoms. The lowest BCUT2D eigenvalue weighted by Crippen LogP contribution is -2.31. The van der Waals surface area contributed by atoms with E-state index in [1.807, 2.05) is 18.2 Å². The number of halogens is 2. The highest BCUT2D eigenvalue weighted by molar-refractivity contribution is 9.11. The van der Waals surface area contributed by atoms with E-state index >= 15 is 0 Å². The Morgan fingerprint density at radius 1 is 1.33 bits per heavy atom. The summed E-state index contributed by atoms with van der Waals surface area (Å²) in [6, 6.07) is 5.80. The summed E-state index contributed by atoms with van der Waals surface area (Å²) in [6.45, 7) is 5.31. The Kier molecular flexibility index (Phi) is 6.71. The predicted molar refractivity (Wildman–Crippen MR) is 82.8 cm³/mol. The summed E-state index contributed by atoms with van der Waals surface area (Å²) in [5, 5.41) is 5.99. The van der Waals surface area contributed by atoms with Crippen LogP contribution in [-0.2, 0) is 4.79 Å².